The van der Waals surface area contributed by atoms with Crippen LogP contribution in [0.2, 0.25) is 0 Å². The van der Waals surface area contributed by atoms with Crippen molar-refractivity contribution in [1.29, 1.82) is 0 Å². The zero-order chi connectivity index (χ0) is 15.4. The SMILES string of the molecule is CC1=C(C)C(C)(C)C2=C(CCC(=O)O)c3cccn3[B]N12. The lowest BCUT2D eigenvalue weighted by molar-refractivity contribution is -0.136. The van der Waals surface area contributed by atoms with Crippen LogP contribution in [0.1, 0.15) is 46.2 Å². The van der Waals surface area contributed by atoms with E-state index in [1.807, 2.05) is 12.3 Å². The fourth-order valence-corrected chi connectivity index (χ4v) is 3.42. The zero-order valence-electron chi connectivity index (χ0n) is 13.0. The van der Waals surface area contributed by atoms with Crippen LogP contribution in [0.5, 0.6) is 0 Å². The summed E-state index contributed by atoms with van der Waals surface area (Å²) < 4.78 is 2.08. The van der Waals surface area contributed by atoms with E-state index >= 15 is 0 Å². The molecule has 0 fully saturated rings. The number of carboxylic acids is 1. The Labute approximate surface area is 126 Å². The molecule has 3 rings (SSSR count). The van der Waals surface area contributed by atoms with E-state index in [0.717, 1.165) is 11.3 Å². The summed E-state index contributed by atoms with van der Waals surface area (Å²) in [6.45, 7) is 8.73. The number of carbonyl (C=O) groups is 1. The summed E-state index contributed by atoms with van der Waals surface area (Å²) in [7, 11) is 2.10. The molecule has 0 aromatic carbocycles. The Morgan fingerprint density at radius 3 is 2.76 bits per heavy atom. The highest BCUT2D eigenvalue weighted by Gasteiger charge is 2.43. The minimum absolute atomic E-state index is 0.0655. The average Bonchev–Trinajstić information content (AvgIpc) is 2.94. The first-order valence-electron chi connectivity index (χ1n) is 7.29. The van der Waals surface area contributed by atoms with E-state index in [1.54, 1.807) is 0 Å². The van der Waals surface area contributed by atoms with E-state index in [4.69, 9.17) is 5.11 Å². The van der Waals surface area contributed by atoms with E-state index in [9.17, 15) is 4.79 Å². The number of rotatable bonds is 3. The van der Waals surface area contributed by atoms with Crippen molar-refractivity contribution >= 4 is 19.1 Å². The van der Waals surface area contributed by atoms with Crippen LogP contribution in [0.15, 0.2) is 35.3 Å². The fourth-order valence-electron chi connectivity index (χ4n) is 3.42. The molecule has 0 saturated heterocycles. The number of hydrogen-bond acceptors (Lipinski definition) is 2. The number of carboxylic acid groups (broad SMARTS) is 1. The van der Waals surface area contributed by atoms with Gasteiger partial charge in [0.1, 0.15) is 0 Å². The second kappa shape index (κ2) is 4.55. The molecule has 2 aliphatic heterocycles. The number of aromatic nitrogens is 1. The summed E-state index contributed by atoms with van der Waals surface area (Å²) in [4.78, 5) is 13.2. The Morgan fingerprint density at radius 2 is 2.10 bits per heavy atom. The Kier molecular flexibility index (Phi) is 3.04. The molecule has 0 spiro atoms. The van der Waals surface area contributed by atoms with Gasteiger partial charge >= 0.3 is 13.5 Å². The molecule has 1 aromatic heterocycles. The standard InChI is InChI=1S/C16H20BN2O2/c1-10-11(2)19-15(16(10,3)4)12(7-8-14(20)21)13-6-5-9-18(13)17-19/h5-6,9H,7-8H2,1-4H3,(H,20,21). The van der Waals surface area contributed by atoms with Crippen LogP contribution < -0.4 is 0 Å². The van der Waals surface area contributed by atoms with Gasteiger partial charge < -0.3 is 14.4 Å². The molecule has 5 heteroatoms. The second-order valence-electron chi connectivity index (χ2n) is 6.34. The van der Waals surface area contributed by atoms with E-state index in [-0.39, 0.29) is 11.8 Å². The molecule has 1 radical (unpaired) electrons. The molecule has 4 nitrogen and oxygen atoms in total. The highest BCUT2D eigenvalue weighted by atomic mass is 16.4. The number of aliphatic carboxylic acids is 1. The Hall–Kier alpha value is -1.91. The average molecular weight is 283 g/mol. The van der Waals surface area contributed by atoms with E-state index < -0.39 is 5.97 Å². The third-order valence-corrected chi connectivity index (χ3v) is 4.88. The van der Waals surface area contributed by atoms with Crippen LogP contribution in [-0.2, 0) is 4.79 Å². The van der Waals surface area contributed by atoms with Crippen molar-refractivity contribution in [2.45, 2.75) is 40.5 Å². The van der Waals surface area contributed by atoms with Gasteiger partial charge in [-0.15, -0.1) is 0 Å². The number of nitrogens with zero attached hydrogens (tertiary/aromatic N) is 2. The van der Waals surface area contributed by atoms with Gasteiger partial charge in [0, 0.05) is 28.9 Å². The van der Waals surface area contributed by atoms with E-state index in [2.05, 4.69) is 50.6 Å². The normalized spacial score (nSPS) is 19.5. The molecular formula is C16H20BN2O2. The molecule has 0 bridgehead atoms. The number of fused-ring (bicyclic) bond motifs is 2. The summed E-state index contributed by atoms with van der Waals surface area (Å²) in [5, 5.41) is 9.06. The van der Waals surface area contributed by atoms with Crippen LogP contribution in [-0.4, -0.2) is 27.9 Å². The van der Waals surface area contributed by atoms with Crippen molar-refractivity contribution in [2.24, 2.45) is 5.41 Å². The van der Waals surface area contributed by atoms with Crippen LogP contribution in [0.4, 0.5) is 0 Å². The number of allylic oxidation sites excluding steroid dienone is 3. The van der Waals surface area contributed by atoms with Crippen LogP contribution in [0, 0.1) is 5.41 Å². The van der Waals surface area contributed by atoms with Crippen LogP contribution in [0.3, 0.4) is 0 Å². The summed E-state index contributed by atoms with van der Waals surface area (Å²) in [6, 6.07) is 4.07. The quantitative estimate of drug-likeness (QED) is 0.867. The van der Waals surface area contributed by atoms with Crippen molar-refractivity contribution in [3.63, 3.8) is 0 Å². The maximum atomic E-state index is 11.0. The van der Waals surface area contributed by atoms with Gasteiger partial charge in [-0.3, -0.25) is 4.79 Å². The predicted molar refractivity (Wildman–Crippen MR) is 83.4 cm³/mol. The maximum absolute atomic E-state index is 11.0. The maximum Gasteiger partial charge on any atom is 0.400 e. The van der Waals surface area contributed by atoms with Gasteiger partial charge in [-0.05, 0) is 49.7 Å². The molecule has 1 N–H and O–H groups in total. The molecule has 2 aliphatic rings. The van der Waals surface area contributed by atoms with Gasteiger partial charge in [0.25, 0.3) is 0 Å². The van der Waals surface area contributed by atoms with Gasteiger partial charge in [-0.25, -0.2) is 0 Å². The van der Waals surface area contributed by atoms with Gasteiger partial charge in [0.15, 0.2) is 0 Å². The number of hydrogen-bond donors (Lipinski definition) is 1. The summed E-state index contributed by atoms with van der Waals surface area (Å²) in [6.07, 6.45) is 2.73. The third-order valence-electron chi connectivity index (χ3n) is 4.88. The molecule has 0 unspecified atom stereocenters. The zero-order valence-corrected chi connectivity index (χ0v) is 13.0. The topological polar surface area (TPSA) is 45.5 Å². The Bertz CT molecular complexity index is 682. The first-order valence-corrected chi connectivity index (χ1v) is 7.29. The van der Waals surface area contributed by atoms with Gasteiger partial charge in [-0.2, -0.15) is 0 Å². The summed E-state index contributed by atoms with van der Waals surface area (Å²) >= 11 is 0. The minimum Gasteiger partial charge on any atom is -0.481 e. The van der Waals surface area contributed by atoms with Crippen molar-refractivity contribution < 1.29 is 9.90 Å². The lowest BCUT2D eigenvalue weighted by Gasteiger charge is -2.36. The highest BCUT2D eigenvalue weighted by Crippen LogP contribution is 2.51. The molecule has 0 aliphatic carbocycles. The lowest BCUT2D eigenvalue weighted by Crippen LogP contribution is -2.36. The van der Waals surface area contributed by atoms with Crippen molar-refractivity contribution in [3.05, 3.63) is 41.0 Å². The van der Waals surface area contributed by atoms with Crippen molar-refractivity contribution in [1.82, 2.24) is 9.29 Å². The van der Waals surface area contributed by atoms with Crippen LogP contribution in [0.25, 0.3) is 5.57 Å². The molecule has 3 heterocycles. The Balaban J connectivity index is 2.16. The smallest absolute Gasteiger partial charge is 0.400 e. The van der Waals surface area contributed by atoms with Crippen molar-refractivity contribution in [2.75, 3.05) is 0 Å². The Morgan fingerprint density at radius 1 is 1.38 bits per heavy atom. The van der Waals surface area contributed by atoms with Gasteiger partial charge in [0.2, 0.25) is 0 Å². The fraction of sp³-hybridized carbons (Fsp3) is 0.438. The minimum atomic E-state index is -0.750. The summed E-state index contributed by atoms with van der Waals surface area (Å²) in [5.41, 5.74) is 5.99. The second-order valence-corrected chi connectivity index (χ2v) is 6.34. The molecule has 109 valence electrons. The molecule has 1 aromatic rings. The van der Waals surface area contributed by atoms with E-state index in [1.165, 1.54) is 17.0 Å². The molecule has 21 heavy (non-hydrogen) atoms. The molecule has 0 atom stereocenters. The predicted octanol–water partition coefficient (Wildman–Crippen LogP) is 3.10. The highest BCUT2D eigenvalue weighted by molar-refractivity contribution is 6.34. The van der Waals surface area contributed by atoms with Crippen LogP contribution >= 0.6 is 0 Å². The molecule has 0 saturated carbocycles. The lowest BCUT2D eigenvalue weighted by atomic mass is 9.78. The third kappa shape index (κ3) is 1.94. The first kappa shape index (κ1) is 14.0. The van der Waals surface area contributed by atoms with Gasteiger partial charge in [0.05, 0.1) is 0 Å². The largest absolute Gasteiger partial charge is 0.481 e. The monoisotopic (exact) mass is 283 g/mol. The molecule has 0 amide bonds. The van der Waals surface area contributed by atoms with E-state index in [0.29, 0.717) is 6.42 Å². The summed E-state index contributed by atoms with van der Waals surface area (Å²) in [5.74, 6) is -0.750. The van der Waals surface area contributed by atoms with Crippen molar-refractivity contribution in [3.8, 4) is 0 Å². The van der Waals surface area contributed by atoms with Gasteiger partial charge in [-0.1, -0.05) is 13.8 Å². The first-order chi connectivity index (χ1) is 9.84. The molecular weight excluding hydrogens is 263 g/mol.